The van der Waals surface area contributed by atoms with Gasteiger partial charge in [0.2, 0.25) is 0 Å². The quantitative estimate of drug-likeness (QED) is 0.0895. The van der Waals surface area contributed by atoms with E-state index in [2.05, 4.69) is 213 Å². The number of para-hydroxylation sites is 6. The molecule has 0 saturated carbocycles. The summed E-state index contributed by atoms with van der Waals surface area (Å²) in [7, 11) is 0. The van der Waals surface area contributed by atoms with Crippen LogP contribution in [-0.4, -0.2) is 9.13 Å². The minimum Gasteiger partial charge on any atom is -0.310 e. The molecule has 8 heteroatoms. The topological polar surface area (TPSA) is 16.3 Å². The summed E-state index contributed by atoms with van der Waals surface area (Å²) in [6.45, 7) is 0. The van der Waals surface area contributed by atoms with Crippen LogP contribution in [0.2, 0.25) is 0 Å². The van der Waals surface area contributed by atoms with E-state index in [1.165, 1.54) is 45.8 Å². The number of fused-ring (bicyclic) bond motifs is 10. The number of halogens is 4. The van der Waals surface area contributed by atoms with Crippen molar-refractivity contribution in [3.8, 4) is 55.9 Å². The van der Waals surface area contributed by atoms with Crippen molar-refractivity contribution < 1.29 is 17.6 Å². The molecule has 0 spiro atoms. The monoisotopic (exact) mass is 1400 g/mol. The molecule has 108 heavy (non-hydrogen) atoms. The number of hydrogen-bond acceptors (Lipinski definition) is 2. The Morgan fingerprint density at radius 3 is 0.870 bits per heavy atom. The standard InChI is InChI=1S/2C50H32F2N2/c51-43-24-10-6-21-40(43)48-38-19-4-5-20-39(38)49(41-22-7-11-25-44(41)52)50-42(48)23-14-28-47(50)53(33-15-2-1-3-16-33)34-29-31-35(32-30-34)54-45-26-12-8-17-36(45)37-18-9-13-27-46(37)54;51-45-22-10-6-20-42(45)49-39-18-4-5-19-40(39)50(43-21-7-11-23-46(43)52)44-32-36(30-31-41(44)49)53(33-14-2-1-3-15-33)34-26-28-35(29-27-34)54-47-24-12-8-16-37(47)38-17-9-13-25-48(38)54/h2*1-32H. The summed E-state index contributed by atoms with van der Waals surface area (Å²) in [4.78, 5) is 4.44. The third-order valence-electron chi connectivity index (χ3n) is 21.0. The Kier molecular flexibility index (Phi) is 16.3. The molecule has 0 aliphatic rings. The molecule has 20 rings (SSSR count). The first-order valence-electron chi connectivity index (χ1n) is 36.2. The fourth-order valence-electron chi connectivity index (χ4n) is 16.4. The van der Waals surface area contributed by atoms with Gasteiger partial charge < -0.3 is 18.9 Å². The van der Waals surface area contributed by atoms with E-state index in [0.29, 0.717) is 22.3 Å². The highest BCUT2D eigenvalue weighted by Crippen LogP contribution is 2.52. The molecule has 0 radical (unpaired) electrons. The van der Waals surface area contributed by atoms with Crippen molar-refractivity contribution in [2.75, 3.05) is 9.80 Å². The van der Waals surface area contributed by atoms with Gasteiger partial charge in [-0.1, -0.05) is 249 Å². The second-order valence-electron chi connectivity index (χ2n) is 27.1. The van der Waals surface area contributed by atoms with Crippen molar-refractivity contribution in [1.82, 2.24) is 9.13 Å². The highest BCUT2D eigenvalue weighted by Gasteiger charge is 2.28. The second-order valence-corrected chi connectivity index (χ2v) is 27.1. The van der Waals surface area contributed by atoms with Crippen LogP contribution in [0, 0.1) is 23.3 Å². The molecule has 4 nitrogen and oxygen atoms in total. The van der Waals surface area contributed by atoms with Gasteiger partial charge in [-0.2, -0.15) is 0 Å². The van der Waals surface area contributed by atoms with Crippen LogP contribution in [0.4, 0.5) is 51.7 Å². The lowest BCUT2D eigenvalue weighted by Crippen LogP contribution is -2.11. The molecular formula is C100H64F4N4. The van der Waals surface area contributed by atoms with Gasteiger partial charge in [-0.25, -0.2) is 17.6 Å². The van der Waals surface area contributed by atoms with Crippen LogP contribution >= 0.6 is 0 Å². The lowest BCUT2D eigenvalue weighted by Gasteiger charge is -2.29. The lowest BCUT2D eigenvalue weighted by atomic mass is 9.84. The summed E-state index contributed by atoms with van der Waals surface area (Å²) in [5.41, 5.74) is 17.3. The average Bonchev–Trinajstić information content (AvgIpc) is 1.12. The van der Waals surface area contributed by atoms with Crippen molar-refractivity contribution in [3.05, 3.63) is 412 Å². The summed E-state index contributed by atoms with van der Waals surface area (Å²) < 4.78 is 68.2. The van der Waals surface area contributed by atoms with Gasteiger partial charge in [-0.15, -0.1) is 0 Å². The average molecular weight is 1400 g/mol. The van der Waals surface area contributed by atoms with Gasteiger partial charge in [0, 0.05) is 111 Å². The first-order valence-corrected chi connectivity index (χ1v) is 36.2. The second kappa shape index (κ2) is 27.2. The Morgan fingerprint density at radius 1 is 0.185 bits per heavy atom. The van der Waals surface area contributed by atoms with Gasteiger partial charge >= 0.3 is 0 Å². The summed E-state index contributed by atoms with van der Waals surface area (Å²) in [6, 6.07) is 128. The SMILES string of the molecule is Fc1ccccc1-c1c2ccccc2c(-c2ccccc2F)c2c(N(c3ccccc3)c3ccc(-n4c5ccccc5c5ccccc54)cc3)cccc12.Fc1ccccc1-c1c2ccccc2c(-c2ccccc2F)c2cc(N(c3ccccc3)c3ccc(-n4c5ccccc5c5ccccc54)cc3)ccc12. The number of rotatable bonds is 12. The maximum atomic E-state index is 16.1. The minimum absolute atomic E-state index is 0.305. The molecule has 20 aromatic rings. The number of hydrogen-bond donors (Lipinski definition) is 0. The Morgan fingerprint density at radius 2 is 0.463 bits per heavy atom. The van der Waals surface area contributed by atoms with E-state index in [9.17, 15) is 0 Å². The fourth-order valence-corrected chi connectivity index (χ4v) is 16.4. The predicted octanol–water partition coefficient (Wildman–Crippen LogP) is 28.3. The number of nitrogens with zero attached hydrogens (tertiary/aromatic N) is 4. The van der Waals surface area contributed by atoms with Gasteiger partial charge in [0.1, 0.15) is 23.3 Å². The van der Waals surface area contributed by atoms with Crippen LogP contribution in [0.15, 0.2) is 388 Å². The van der Waals surface area contributed by atoms with E-state index in [4.69, 9.17) is 0 Å². The largest absolute Gasteiger partial charge is 0.310 e. The molecule has 0 aliphatic heterocycles. The number of benzene rings is 18. The number of anilines is 6. The zero-order valence-corrected chi connectivity index (χ0v) is 58.3. The normalized spacial score (nSPS) is 11.5. The Balaban J connectivity index is 0.000000147. The van der Waals surface area contributed by atoms with E-state index >= 15 is 17.6 Å². The molecule has 0 aliphatic carbocycles. The van der Waals surface area contributed by atoms with E-state index in [-0.39, 0.29) is 23.3 Å². The molecule has 2 heterocycles. The van der Waals surface area contributed by atoms with Crippen LogP contribution in [0.3, 0.4) is 0 Å². The van der Waals surface area contributed by atoms with Gasteiger partial charge in [-0.3, -0.25) is 0 Å². The molecule has 0 N–H and O–H groups in total. The number of aromatic nitrogens is 2. The van der Waals surface area contributed by atoms with Crippen LogP contribution in [0.25, 0.3) is 143 Å². The third-order valence-corrected chi connectivity index (χ3v) is 21.0. The molecule has 0 unspecified atom stereocenters. The summed E-state index contributed by atoms with van der Waals surface area (Å²) in [5.74, 6) is -1.25. The predicted molar refractivity (Wildman–Crippen MR) is 443 cm³/mol. The molecule has 2 aromatic heterocycles. The van der Waals surface area contributed by atoms with Gasteiger partial charge in [0.15, 0.2) is 0 Å². The fraction of sp³-hybridized carbons (Fsp3) is 0. The summed E-state index contributed by atoms with van der Waals surface area (Å²) >= 11 is 0. The van der Waals surface area contributed by atoms with Crippen LogP contribution < -0.4 is 9.80 Å². The maximum absolute atomic E-state index is 16.1. The minimum atomic E-state index is -0.320. The van der Waals surface area contributed by atoms with Crippen molar-refractivity contribution in [3.63, 3.8) is 0 Å². The lowest BCUT2D eigenvalue weighted by molar-refractivity contribution is 0.631. The molecule has 18 aromatic carbocycles. The smallest absolute Gasteiger partial charge is 0.131 e. The molecule has 0 bridgehead atoms. The molecule has 0 amide bonds. The van der Waals surface area contributed by atoms with Gasteiger partial charge in [-0.05, 0) is 177 Å². The zero-order valence-electron chi connectivity index (χ0n) is 58.3. The van der Waals surface area contributed by atoms with E-state index in [0.717, 1.165) is 133 Å². The van der Waals surface area contributed by atoms with E-state index < -0.39 is 0 Å². The molecule has 512 valence electrons. The first-order chi connectivity index (χ1) is 53.3. The van der Waals surface area contributed by atoms with Crippen molar-refractivity contribution in [2.45, 2.75) is 0 Å². The van der Waals surface area contributed by atoms with Gasteiger partial charge in [0.05, 0.1) is 27.8 Å². The van der Waals surface area contributed by atoms with E-state index in [1.54, 1.807) is 24.3 Å². The Hall–Kier alpha value is -14.1. The Labute approximate surface area is 621 Å². The van der Waals surface area contributed by atoms with E-state index in [1.807, 2.05) is 146 Å². The zero-order chi connectivity index (χ0) is 72.3. The molecular weight excluding hydrogens is 1330 g/mol. The van der Waals surface area contributed by atoms with Crippen molar-refractivity contribution in [2.24, 2.45) is 0 Å². The van der Waals surface area contributed by atoms with Crippen molar-refractivity contribution in [1.29, 1.82) is 0 Å². The molecule has 0 fully saturated rings. The molecule has 0 atom stereocenters. The summed E-state index contributed by atoms with van der Waals surface area (Å²) in [6.07, 6.45) is 0. The van der Waals surface area contributed by atoms with Crippen LogP contribution in [0.5, 0.6) is 0 Å². The van der Waals surface area contributed by atoms with Crippen LogP contribution in [-0.2, 0) is 0 Å². The third kappa shape index (κ3) is 11.0. The highest BCUT2D eigenvalue weighted by molar-refractivity contribution is 6.26. The van der Waals surface area contributed by atoms with Gasteiger partial charge in [0.25, 0.3) is 0 Å². The van der Waals surface area contributed by atoms with Crippen LogP contribution in [0.1, 0.15) is 0 Å². The molecule has 0 saturated heterocycles. The van der Waals surface area contributed by atoms with Crippen molar-refractivity contribution >= 4 is 121 Å². The maximum Gasteiger partial charge on any atom is 0.131 e. The summed E-state index contributed by atoms with van der Waals surface area (Å²) in [5, 5.41) is 11.6. The first kappa shape index (κ1) is 64.7. The Bertz CT molecular complexity index is 6690. The highest BCUT2D eigenvalue weighted by atomic mass is 19.1.